The van der Waals surface area contributed by atoms with E-state index in [0.717, 1.165) is 168 Å². The van der Waals surface area contributed by atoms with Crippen molar-refractivity contribution >= 4 is 78.2 Å². The van der Waals surface area contributed by atoms with Gasteiger partial charge in [0.05, 0.1) is 22.4 Å². The van der Waals surface area contributed by atoms with Gasteiger partial charge in [-0.05, 0) is 95.1 Å². The number of carbonyl (C=O) groups is 2. The molecule has 0 aliphatic rings. The van der Waals surface area contributed by atoms with Crippen LogP contribution in [0.2, 0.25) is 0 Å². The number of imidazole rings is 2. The van der Waals surface area contributed by atoms with Crippen molar-refractivity contribution in [2.75, 3.05) is 22.1 Å². The molecule has 8 aromatic rings. The Bertz CT molecular complexity index is 2850. The molecule has 0 atom stereocenters. The third-order valence-corrected chi connectivity index (χ3v) is 13.7. The Labute approximate surface area is 412 Å². The Morgan fingerprint density at radius 3 is 1.23 bits per heavy atom. The number of nitrogen functional groups attached to an aromatic ring is 2. The molecule has 70 heavy (non-hydrogen) atoms. The third kappa shape index (κ3) is 12.0. The zero-order chi connectivity index (χ0) is 49.0. The summed E-state index contributed by atoms with van der Waals surface area (Å²) in [5.41, 5.74) is 36.0. The van der Waals surface area contributed by atoms with E-state index in [1.807, 2.05) is 36.4 Å². The number of nitrogens with two attached hydrogens (primary N) is 4. The molecule has 0 aliphatic heterocycles. The van der Waals surface area contributed by atoms with E-state index in [4.69, 9.17) is 32.9 Å². The highest BCUT2D eigenvalue weighted by molar-refractivity contribution is 6.12. The molecule has 8 rings (SSSR count). The summed E-state index contributed by atoms with van der Waals surface area (Å²) < 4.78 is 4.60. The second kappa shape index (κ2) is 23.7. The summed E-state index contributed by atoms with van der Waals surface area (Å²) in [5.74, 6) is 2.09. The van der Waals surface area contributed by atoms with Gasteiger partial charge in [0.1, 0.15) is 22.7 Å². The SMILES string of the molecule is CCCCc1nc2c(N)cc3ccc(NC(=O)CCCCCCCCCCC(=O)Nc4ccc5cc(N)c6nc(CCCC)n(Cc7ccc(CN)cc7)c6c5c4)cc3c2n1Cc1ccc(CN)cc1. The summed E-state index contributed by atoms with van der Waals surface area (Å²) in [6.07, 6.45) is 15.0. The van der Waals surface area contributed by atoms with E-state index in [2.05, 4.69) is 94.3 Å². The minimum Gasteiger partial charge on any atom is -0.397 e. The zero-order valence-corrected chi connectivity index (χ0v) is 41.3. The second-order valence-corrected chi connectivity index (χ2v) is 19.1. The molecule has 0 unspecified atom stereocenters. The maximum atomic E-state index is 13.2. The van der Waals surface area contributed by atoms with Crippen LogP contribution in [-0.2, 0) is 48.6 Å². The van der Waals surface area contributed by atoms with Gasteiger partial charge in [-0.15, -0.1) is 0 Å². The summed E-state index contributed by atoms with van der Waals surface area (Å²) in [5, 5.41) is 10.4. The van der Waals surface area contributed by atoms with E-state index < -0.39 is 0 Å². The van der Waals surface area contributed by atoms with E-state index >= 15 is 0 Å². The number of amides is 2. The molecule has 0 spiro atoms. The maximum absolute atomic E-state index is 13.2. The van der Waals surface area contributed by atoms with E-state index in [1.54, 1.807) is 0 Å². The molecule has 2 heterocycles. The van der Waals surface area contributed by atoms with Crippen LogP contribution in [-0.4, -0.2) is 30.9 Å². The molecule has 12 nitrogen and oxygen atoms in total. The molecular formula is C58H72N10O2. The van der Waals surface area contributed by atoms with Crippen LogP contribution >= 0.6 is 0 Å². The Kier molecular flexibility index (Phi) is 16.8. The second-order valence-electron chi connectivity index (χ2n) is 19.1. The highest BCUT2D eigenvalue weighted by atomic mass is 16.2. The average Bonchev–Trinajstić information content (AvgIpc) is 3.92. The average molecular weight is 941 g/mol. The summed E-state index contributed by atoms with van der Waals surface area (Å²) in [6, 6.07) is 33.0. The van der Waals surface area contributed by atoms with Crippen LogP contribution in [0, 0.1) is 0 Å². The number of fused-ring (bicyclic) bond motifs is 6. The molecule has 10 N–H and O–H groups in total. The molecule has 12 heteroatoms. The number of rotatable bonds is 25. The van der Waals surface area contributed by atoms with E-state index in [0.29, 0.717) is 50.4 Å². The first-order valence-corrected chi connectivity index (χ1v) is 25.7. The number of nitrogens with one attached hydrogen (secondary N) is 2. The van der Waals surface area contributed by atoms with E-state index in [9.17, 15) is 9.59 Å². The molecule has 6 aromatic carbocycles. The Hall–Kier alpha value is -6.76. The lowest BCUT2D eigenvalue weighted by molar-refractivity contribution is -0.117. The summed E-state index contributed by atoms with van der Waals surface area (Å²) in [6.45, 7) is 6.74. The number of hydrogen-bond donors (Lipinski definition) is 6. The number of aromatic nitrogens is 4. The number of benzene rings is 6. The Balaban J connectivity index is 0.790. The minimum atomic E-state index is 0.0244. The molecule has 2 aromatic heterocycles. The van der Waals surface area contributed by atoms with Crippen molar-refractivity contribution in [1.29, 1.82) is 0 Å². The molecule has 0 radical (unpaired) electrons. The quantitative estimate of drug-likeness (QED) is 0.0240. The zero-order valence-electron chi connectivity index (χ0n) is 41.3. The normalized spacial score (nSPS) is 11.7. The maximum Gasteiger partial charge on any atom is 0.224 e. The van der Waals surface area contributed by atoms with Gasteiger partial charge in [0.15, 0.2) is 0 Å². The van der Waals surface area contributed by atoms with Crippen molar-refractivity contribution in [2.24, 2.45) is 11.5 Å². The van der Waals surface area contributed by atoms with Crippen LogP contribution in [0.5, 0.6) is 0 Å². The number of aryl methyl sites for hydroxylation is 2. The molecule has 0 bridgehead atoms. The number of unbranched alkanes of at least 4 members (excludes halogenated alkanes) is 9. The van der Waals surface area contributed by atoms with Gasteiger partial charge in [-0.2, -0.15) is 0 Å². The van der Waals surface area contributed by atoms with Crippen molar-refractivity contribution in [3.63, 3.8) is 0 Å². The number of anilines is 4. The highest BCUT2D eigenvalue weighted by Gasteiger charge is 2.20. The van der Waals surface area contributed by atoms with Gasteiger partial charge < -0.3 is 42.7 Å². The fourth-order valence-electron chi connectivity index (χ4n) is 9.75. The van der Waals surface area contributed by atoms with Crippen LogP contribution in [0.4, 0.5) is 22.7 Å². The van der Waals surface area contributed by atoms with Gasteiger partial charge in [-0.3, -0.25) is 9.59 Å². The van der Waals surface area contributed by atoms with Gasteiger partial charge in [0, 0.05) is 74.0 Å². The summed E-state index contributed by atoms with van der Waals surface area (Å²) in [4.78, 5) is 36.5. The van der Waals surface area contributed by atoms with Crippen molar-refractivity contribution in [3.8, 4) is 0 Å². The third-order valence-electron chi connectivity index (χ3n) is 13.7. The molecule has 0 saturated carbocycles. The van der Waals surface area contributed by atoms with E-state index in [-0.39, 0.29) is 11.8 Å². The van der Waals surface area contributed by atoms with Gasteiger partial charge in [0.2, 0.25) is 11.8 Å². The number of hydrogen-bond acceptors (Lipinski definition) is 8. The minimum absolute atomic E-state index is 0.0244. The Morgan fingerprint density at radius 1 is 0.486 bits per heavy atom. The first-order chi connectivity index (χ1) is 34.2. The highest BCUT2D eigenvalue weighted by Crippen LogP contribution is 2.36. The topological polar surface area (TPSA) is 198 Å². The molecule has 2 amide bonds. The monoisotopic (exact) mass is 941 g/mol. The number of carbonyl (C=O) groups excluding carboxylic acids is 2. The summed E-state index contributed by atoms with van der Waals surface area (Å²) >= 11 is 0. The van der Waals surface area contributed by atoms with Crippen LogP contribution in [0.3, 0.4) is 0 Å². The molecular weight excluding hydrogens is 869 g/mol. The standard InChI is InChI=1S/C58H72N10O2/c1-3-5-15-51-65-55-49(61)31-43-27-29-45(33-47(43)57(55)67(51)37-41-23-19-39(35-59)20-24-41)63-53(69)17-13-11-9-7-8-10-12-14-18-54(70)64-46-30-28-44-32-50(62)56-58(48(44)34-46)68(52(66-56)16-6-4-2)38-42-25-21-40(36-60)22-26-42/h19-34H,3-18,35-38,59-62H2,1-2H3,(H,63,69)(H,64,70). The van der Waals surface area contributed by atoms with Crippen LogP contribution < -0.4 is 33.6 Å². The first kappa shape index (κ1) is 49.7. The Morgan fingerprint density at radius 2 is 0.857 bits per heavy atom. The smallest absolute Gasteiger partial charge is 0.224 e. The van der Waals surface area contributed by atoms with Gasteiger partial charge in [-0.25, -0.2) is 9.97 Å². The fraction of sp³-hybridized carbons (Fsp3) is 0.379. The van der Waals surface area contributed by atoms with Crippen molar-refractivity contribution in [2.45, 2.75) is 143 Å². The van der Waals surface area contributed by atoms with Crippen LogP contribution in [0.1, 0.15) is 138 Å². The predicted molar refractivity (Wildman–Crippen MR) is 291 cm³/mol. The molecule has 0 saturated heterocycles. The lowest BCUT2D eigenvalue weighted by Gasteiger charge is -2.13. The molecule has 366 valence electrons. The van der Waals surface area contributed by atoms with Gasteiger partial charge in [0.25, 0.3) is 0 Å². The van der Waals surface area contributed by atoms with E-state index in [1.165, 1.54) is 11.1 Å². The first-order valence-electron chi connectivity index (χ1n) is 25.7. The van der Waals surface area contributed by atoms with Crippen LogP contribution in [0.15, 0.2) is 97.1 Å². The lowest BCUT2D eigenvalue weighted by atomic mass is 10.0. The summed E-state index contributed by atoms with van der Waals surface area (Å²) in [7, 11) is 0. The fourth-order valence-corrected chi connectivity index (χ4v) is 9.75. The van der Waals surface area contributed by atoms with Crippen LogP contribution in [0.25, 0.3) is 43.6 Å². The van der Waals surface area contributed by atoms with Gasteiger partial charge >= 0.3 is 0 Å². The van der Waals surface area contributed by atoms with Gasteiger partial charge in [-0.1, -0.05) is 126 Å². The number of nitrogens with zero attached hydrogens (tertiary/aromatic N) is 4. The predicted octanol–water partition coefficient (Wildman–Crippen LogP) is 12.0. The largest absolute Gasteiger partial charge is 0.397 e. The van der Waals surface area contributed by atoms with Crippen molar-refractivity contribution in [1.82, 2.24) is 19.1 Å². The van der Waals surface area contributed by atoms with Crippen molar-refractivity contribution < 1.29 is 9.59 Å². The molecule has 0 aliphatic carbocycles. The molecule has 0 fully saturated rings. The van der Waals surface area contributed by atoms with Crippen molar-refractivity contribution in [3.05, 3.63) is 131 Å². The lowest BCUT2D eigenvalue weighted by Crippen LogP contribution is -2.11.